The van der Waals surface area contributed by atoms with E-state index in [1.165, 1.54) is 17.7 Å². The second-order valence-electron chi connectivity index (χ2n) is 5.73. The molecule has 0 bridgehead atoms. The summed E-state index contributed by atoms with van der Waals surface area (Å²) in [5.41, 5.74) is 3.03. The average Bonchev–Trinajstić information content (AvgIpc) is 2.56. The zero-order chi connectivity index (χ0) is 14.7. The maximum absolute atomic E-state index is 12.9. The van der Waals surface area contributed by atoms with E-state index in [-0.39, 0.29) is 11.7 Å². The van der Waals surface area contributed by atoms with Gasteiger partial charge in [0.1, 0.15) is 12.1 Å². The number of halogens is 1. The maximum atomic E-state index is 12.9. The molecular formula is C18H18FNO. The van der Waals surface area contributed by atoms with Crippen LogP contribution in [0.1, 0.15) is 37.2 Å². The number of benzene rings is 1. The van der Waals surface area contributed by atoms with Crippen molar-refractivity contribution >= 4 is 6.29 Å². The average molecular weight is 283 g/mol. The van der Waals surface area contributed by atoms with E-state index in [1.807, 2.05) is 12.3 Å². The molecule has 0 spiro atoms. The monoisotopic (exact) mass is 283 g/mol. The minimum Gasteiger partial charge on any atom is -0.303 e. The van der Waals surface area contributed by atoms with Gasteiger partial charge in [-0.2, -0.15) is 0 Å². The third kappa shape index (κ3) is 3.18. The van der Waals surface area contributed by atoms with Gasteiger partial charge in [0.2, 0.25) is 0 Å². The van der Waals surface area contributed by atoms with Gasteiger partial charge in [0.25, 0.3) is 0 Å². The Balaban J connectivity index is 1.72. The van der Waals surface area contributed by atoms with Crippen molar-refractivity contribution in [3.63, 3.8) is 0 Å². The van der Waals surface area contributed by atoms with Crippen LogP contribution in [-0.4, -0.2) is 11.3 Å². The van der Waals surface area contributed by atoms with E-state index in [2.05, 4.69) is 11.1 Å². The molecule has 1 saturated carbocycles. The molecule has 2 nitrogen and oxygen atoms in total. The Labute approximate surface area is 124 Å². The Hall–Kier alpha value is -2.03. The molecule has 1 aromatic heterocycles. The largest absolute Gasteiger partial charge is 0.303 e. The van der Waals surface area contributed by atoms with E-state index in [0.717, 1.165) is 43.2 Å². The van der Waals surface area contributed by atoms with Crippen LogP contribution in [0.25, 0.3) is 11.3 Å². The molecule has 1 heterocycles. The first-order chi connectivity index (χ1) is 10.3. The molecule has 3 heteroatoms. The van der Waals surface area contributed by atoms with Gasteiger partial charge < -0.3 is 4.79 Å². The number of aldehydes is 1. The number of nitrogens with zero attached hydrogens (tertiary/aromatic N) is 1. The van der Waals surface area contributed by atoms with Gasteiger partial charge >= 0.3 is 0 Å². The molecule has 21 heavy (non-hydrogen) atoms. The molecule has 1 aromatic carbocycles. The number of carbonyl (C=O) groups excluding carboxylic acids is 1. The van der Waals surface area contributed by atoms with Crippen molar-refractivity contribution in [1.82, 2.24) is 4.98 Å². The van der Waals surface area contributed by atoms with Crippen molar-refractivity contribution in [3.05, 3.63) is 54.0 Å². The molecular weight excluding hydrogens is 265 g/mol. The molecule has 0 amide bonds. The van der Waals surface area contributed by atoms with Gasteiger partial charge in [0.15, 0.2) is 0 Å². The number of rotatable bonds is 3. The lowest BCUT2D eigenvalue weighted by Gasteiger charge is -2.25. The molecule has 0 saturated heterocycles. The molecule has 0 atom stereocenters. The van der Waals surface area contributed by atoms with E-state index in [0.29, 0.717) is 5.92 Å². The quantitative estimate of drug-likeness (QED) is 0.783. The van der Waals surface area contributed by atoms with Gasteiger partial charge in [-0.15, -0.1) is 0 Å². The van der Waals surface area contributed by atoms with Crippen LogP contribution in [-0.2, 0) is 4.79 Å². The van der Waals surface area contributed by atoms with Gasteiger partial charge in [0.05, 0.1) is 5.69 Å². The van der Waals surface area contributed by atoms with Gasteiger partial charge in [-0.3, -0.25) is 4.98 Å². The second kappa shape index (κ2) is 6.17. The van der Waals surface area contributed by atoms with Gasteiger partial charge in [-0.05, 0) is 67.5 Å². The van der Waals surface area contributed by atoms with Crippen molar-refractivity contribution in [3.8, 4) is 11.3 Å². The van der Waals surface area contributed by atoms with E-state index in [9.17, 15) is 9.18 Å². The van der Waals surface area contributed by atoms with Crippen LogP contribution < -0.4 is 0 Å². The van der Waals surface area contributed by atoms with Crippen molar-refractivity contribution in [2.75, 3.05) is 0 Å². The molecule has 1 fully saturated rings. The van der Waals surface area contributed by atoms with E-state index >= 15 is 0 Å². The van der Waals surface area contributed by atoms with Crippen molar-refractivity contribution in [1.29, 1.82) is 0 Å². The highest BCUT2D eigenvalue weighted by Gasteiger charge is 2.22. The van der Waals surface area contributed by atoms with E-state index in [4.69, 9.17) is 0 Å². The molecule has 0 aliphatic heterocycles. The molecule has 0 unspecified atom stereocenters. The van der Waals surface area contributed by atoms with Crippen molar-refractivity contribution in [2.45, 2.75) is 31.6 Å². The first-order valence-electron chi connectivity index (χ1n) is 7.43. The fourth-order valence-electron chi connectivity index (χ4n) is 3.03. The highest BCUT2D eigenvalue weighted by atomic mass is 19.1. The Morgan fingerprint density at radius 2 is 1.71 bits per heavy atom. The highest BCUT2D eigenvalue weighted by molar-refractivity contribution is 5.59. The summed E-state index contributed by atoms with van der Waals surface area (Å²) in [6, 6.07) is 10.5. The van der Waals surface area contributed by atoms with Crippen LogP contribution >= 0.6 is 0 Å². The van der Waals surface area contributed by atoms with Gasteiger partial charge in [-0.25, -0.2) is 4.39 Å². The summed E-state index contributed by atoms with van der Waals surface area (Å²) < 4.78 is 12.9. The minimum atomic E-state index is -0.234. The first kappa shape index (κ1) is 13.9. The zero-order valence-electron chi connectivity index (χ0n) is 11.8. The van der Waals surface area contributed by atoms with Crippen LogP contribution in [0.5, 0.6) is 0 Å². The lowest BCUT2D eigenvalue weighted by Crippen LogP contribution is -2.14. The topological polar surface area (TPSA) is 30.0 Å². The van der Waals surface area contributed by atoms with Crippen LogP contribution in [0.3, 0.4) is 0 Å². The predicted octanol–water partition coefficient (Wildman–Crippen LogP) is 4.36. The molecule has 0 N–H and O–H groups in total. The minimum absolute atomic E-state index is 0.234. The standard InChI is InChI=1S/C18H18FNO/c19-17-8-5-15(6-9-17)18-10-7-16(11-20-18)14-3-1-13(12-21)2-4-14/h5-14H,1-4H2. The first-order valence-corrected chi connectivity index (χ1v) is 7.43. The van der Waals surface area contributed by atoms with Gasteiger partial charge in [-0.1, -0.05) is 6.07 Å². The maximum Gasteiger partial charge on any atom is 0.123 e. The lowest BCUT2D eigenvalue weighted by molar-refractivity contribution is -0.111. The Morgan fingerprint density at radius 1 is 1.00 bits per heavy atom. The van der Waals surface area contributed by atoms with Crippen LogP contribution in [0.4, 0.5) is 4.39 Å². The van der Waals surface area contributed by atoms with Crippen molar-refractivity contribution < 1.29 is 9.18 Å². The van der Waals surface area contributed by atoms with Crippen LogP contribution in [0.2, 0.25) is 0 Å². The summed E-state index contributed by atoms with van der Waals surface area (Å²) in [5.74, 6) is 0.519. The molecule has 1 aliphatic rings. The van der Waals surface area contributed by atoms with E-state index < -0.39 is 0 Å². The SMILES string of the molecule is O=CC1CCC(c2ccc(-c3ccc(F)cc3)nc2)CC1. The number of pyridine rings is 1. The summed E-state index contributed by atoms with van der Waals surface area (Å²) in [6.07, 6.45) is 7.08. The van der Waals surface area contributed by atoms with Crippen LogP contribution in [0, 0.1) is 11.7 Å². The Kier molecular flexibility index (Phi) is 4.09. The normalized spacial score (nSPS) is 22.0. The number of carbonyl (C=O) groups is 1. The van der Waals surface area contributed by atoms with Gasteiger partial charge in [0, 0.05) is 17.7 Å². The number of aromatic nitrogens is 1. The predicted molar refractivity (Wildman–Crippen MR) is 80.4 cm³/mol. The molecule has 2 aromatic rings. The molecule has 108 valence electrons. The molecule has 3 rings (SSSR count). The van der Waals surface area contributed by atoms with Crippen LogP contribution in [0.15, 0.2) is 42.6 Å². The highest BCUT2D eigenvalue weighted by Crippen LogP contribution is 2.35. The zero-order valence-corrected chi connectivity index (χ0v) is 11.8. The summed E-state index contributed by atoms with van der Waals surface area (Å²) in [5, 5.41) is 0. The molecule has 1 aliphatic carbocycles. The Morgan fingerprint density at radius 3 is 2.29 bits per heavy atom. The summed E-state index contributed by atoms with van der Waals surface area (Å²) in [7, 11) is 0. The smallest absolute Gasteiger partial charge is 0.123 e. The second-order valence-corrected chi connectivity index (χ2v) is 5.73. The third-order valence-corrected chi connectivity index (χ3v) is 4.36. The Bertz CT molecular complexity index is 598. The fourth-order valence-corrected chi connectivity index (χ4v) is 3.03. The van der Waals surface area contributed by atoms with Crippen molar-refractivity contribution in [2.24, 2.45) is 5.92 Å². The fraction of sp³-hybridized carbons (Fsp3) is 0.333. The summed E-state index contributed by atoms with van der Waals surface area (Å²) >= 11 is 0. The lowest BCUT2D eigenvalue weighted by atomic mass is 9.79. The van der Waals surface area contributed by atoms with E-state index in [1.54, 1.807) is 12.1 Å². The summed E-state index contributed by atoms with van der Waals surface area (Å²) in [4.78, 5) is 15.3. The number of hydrogen-bond donors (Lipinski definition) is 0. The third-order valence-electron chi connectivity index (χ3n) is 4.36. The summed E-state index contributed by atoms with van der Waals surface area (Å²) in [6.45, 7) is 0. The molecule has 0 radical (unpaired) electrons. The number of hydrogen-bond acceptors (Lipinski definition) is 2.